The molecule has 0 saturated heterocycles. The summed E-state index contributed by atoms with van der Waals surface area (Å²) < 4.78 is 28.7. The van der Waals surface area contributed by atoms with Crippen LogP contribution < -0.4 is 0 Å². The normalized spacial score (nSPS) is 11.2. The van der Waals surface area contributed by atoms with Gasteiger partial charge >= 0.3 is 5.97 Å². The first-order chi connectivity index (χ1) is 10.3. The number of hydrogen-bond donors (Lipinski definition) is 0. The topological polar surface area (TPSA) is 60.4 Å². The van der Waals surface area contributed by atoms with E-state index in [1.54, 1.807) is 12.1 Å². The summed E-state index contributed by atoms with van der Waals surface area (Å²) in [7, 11) is -3.48. The molecule has 0 spiro atoms. The largest absolute Gasteiger partial charge is 0.457 e. The molecule has 0 heterocycles. The molecule has 0 amide bonds. The Kier molecular flexibility index (Phi) is 4.66. The van der Waals surface area contributed by atoms with Crippen LogP contribution in [0, 0.1) is 13.8 Å². The molecule has 5 heteroatoms. The van der Waals surface area contributed by atoms with Crippen molar-refractivity contribution in [2.75, 3.05) is 6.26 Å². The summed E-state index contributed by atoms with van der Waals surface area (Å²) in [5, 5.41) is 0. The molecule has 0 fully saturated rings. The lowest BCUT2D eigenvalue weighted by Crippen LogP contribution is -2.11. The summed E-state index contributed by atoms with van der Waals surface area (Å²) in [6, 6.07) is 12.0. The Balaban J connectivity index is 2.20. The van der Waals surface area contributed by atoms with Crippen LogP contribution in [0.4, 0.5) is 0 Å². The van der Waals surface area contributed by atoms with Crippen LogP contribution in [0.1, 0.15) is 27.0 Å². The molecule has 0 atom stereocenters. The van der Waals surface area contributed by atoms with Gasteiger partial charge in [-0.15, -0.1) is 0 Å². The summed E-state index contributed by atoms with van der Waals surface area (Å²) in [6.07, 6.45) is 1.07. The van der Waals surface area contributed by atoms with Crippen LogP contribution in [0.15, 0.2) is 47.4 Å². The third-order valence-electron chi connectivity index (χ3n) is 3.16. The fourth-order valence-electron chi connectivity index (χ4n) is 2.34. The van der Waals surface area contributed by atoms with Gasteiger partial charge in [-0.2, -0.15) is 0 Å². The van der Waals surface area contributed by atoms with Crippen LogP contribution in [0.3, 0.4) is 0 Å². The maximum Gasteiger partial charge on any atom is 0.339 e. The van der Waals surface area contributed by atoms with Crippen molar-refractivity contribution in [3.05, 3.63) is 64.7 Å². The Labute approximate surface area is 130 Å². The minimum atomic E-state index is -3.48. The Morgan fingerprint density at radius 3 is 2.23 bits per heavy atom. The Hall–Kier alpha value is -2.14. The van der Waals surface area contributed by atoms with E-state index in [1.807, 2.05) is 32.0 Å². The average Bonchev–Trinajstić information content (AvgIpc) is 2.43. The first-order valence-electron chi connectivity index (χ1n) is 6.81. The zero-order valence-corrected chi connectivity index (χ0v) is 13.6. The SMILES string of the molecule is Cc1cc(C)cc(COC(=O)c2ccccc2S(C)(=O)=O)c1. The smallest absolute Gasteiger partial charge is 0.339 e. The molecule has 0 aliphatic heterocycles. The van der Waals surface area contributed by atoms with E-state index in [-0.39, 0.29) is 17.1 Å². The second-order valence-electron chi connectivity index (χ2n) is 5.34. The maximum absolute atomic E-state index is 12.2. The van der Waals surface area contributed by atoms with Crippen LogP contribution in [0.2, 0.25) is 0 Å². The van der Waals surface area contributed by atoms with Gasteiger partial charge in [-0.1, -0.05) is 41.5 Å². The predicted molar refractivity (Wildman–Crippen MR) is 84.6 cm³/mol. The van der Waals surface area contributed by atoms with Crippen molar-refractivity contribution in [2.45, 2.75) is 25.3 Å². The molecule has 22 heavy (non-hydrogen) atoms. The average molecular weight is 318 g/mol. The number of benzene rings is 2. The van der Waals surface area contributed by atoms with Crippen molar-refractivity contribution in [3.63, 3.8) is 0 Å². The van der Waals surface area contributed by atoms with E-state index in [9.17, 15) is 13.2 Å². The number of ether oxygens (including phenoxy) is 1. The highest BCUT2D eigenvalue weighted by Gasteiger charge is 2.19. The van der Waals surface area contributed by atoms with Crippen LogP contribution in [0.5, 0.6) is 0 Å². The summed E-state index contributed by atoms with van der Waals surface area (Å²) in [5.41, 5.74) is 3.11. The van der Waals surface area contributed by atoms with E-state index in [0.29, 0.717) is 0 Å². The number of hydrogen-bond acceptors (Lipinski definition) is 4. The molecule has 0 N–H and O–H groups in total. The molecule has 2 aromatic carbocycles. The molecule has 0 radical (unpaired) electrons. The first kappa shape index (κ1) is 16.2. The lowest BCUT2D eigenvalue weighted by Gasteiger charge is -2.09. The van der Waals surface area contributed by atoms with Crippen LogP contribution in [-0.4, -0.2) is 20.6 Å². The van der Waals surface area contributed by atoms with Gasteiger partial charge < -0.3 is 4.74 Å². The van der Waals surface area contributed by atoms with E-state index in [4.69, 9.17) is 4.74 Å². The van der Waals surface area contributed by atoms with Crippen molar-refractivity contribution in [3.8, 4) is 0 Å². The zero-order chi connectivity index (χ0) is 16.3. The third-order valence-corrected chi connectivity index (χ3v) is 4.31. The lowest BCUT2D eigenvalue weighted by molar-refractivity contribution is 0.0468. The fourth-order valence-corrected chi connectivity index (χ4v) is 3.21. The number of carbonyl (C=O) groups excluding carboxylic acids is 1. The maximum atomic E-state index is 12.2. The standard InChI is InChI=1S/C17H18O4S/c1-12-8-13(2)10-14(9-12)11-21-17(18)15-6-4-5-7-16(15)22(3,19)20/h4-10H,11H2,1-3H3. The fraction of sp³-hybridized carbons (Fsp3) is 0.235. The third kappa shape index (κ3) is 3.95. The molecule has 0 bridgehead atoms. The van der Waals surface area contributed by atoms with E-state index in [1.165, 1.54) is 12.1 Å². The molecule has 0 unspecified atom stereocenters. The van der Waals surface area contributed by atoms with Gasteiger partial charge in [0, 0.05) is 6.26 Å². The summed E-state index contributed by atoms with van der Waals surface area (Å²) in [6.45, 7) is 4.05. The molecular formula is C17H18O4S. The molecule has 0 aliphatic rings. The Morgan fingerprint density at radius 2 is 1.64 bits per heavy atom. The highest BCUT2D eigenvalue weighted by atomic mass is 32.2. The predicted octanol–water partition coefficient (Wildman–Crippen LogP) is 3.06. The van der Waals surface area contributed by atoms with E-state index >= 15 is 0 Å². The first-order valence-corrected chi connectivity index (χ1v) is 8.70. The summed E-state index contributed by atoms with van der Waals surface area (Å²) in [4.78, 5) is 12.2. The van der Waals surface area contributed by atoms with Gasteiger partial charge in [-0.05, 0) is 31.5 Å². The van der Waals surface area contributed by atoms with Gasteiger partial charge in [0.1, 0.15) is 6.61 Å². The number of esters is 1. The van der Waals surface area contributed by atoms with E-state index < -0.39 is 15.8 Å². The molecule has 0 aliphatic carbocycles. The van der Waals surface area contributed by atoms with Crippen molar-refractivity contribution in [1.82, 2.24) is 0 Å². The van der Waals surface area contributed by atoms with Gasteiger partial charge in [0.05, 0.1) is 10.5 Å². The Morgan fingerprint density at radius 1 is 1.05 bits per heavy atom. The van der Waals surface area contributed by atoms with Crippen LogP contribution >= 0.6 is 0 Å². The molecule has 116 valence electrons. The minimum Gasteiger partial charge on any atom is -0.457 e. The van der Waals surface area contributed by atoms with Gasteiger partial charge in [0.2, 0.25) is 0 Å². The molecular weight excluding hydrogens is 300 g/mol. The summed E-state index contributed by atoms with van der Waals surface area (Å²) in [5.74, 6) is -0.639. The highest BCUT2D eigenvalue weighted by molar-refractivity contribution is 7.90. The molecule has 2 aromatic rings. The van der Waals surface area contributed by atoms with E-state index in [0.717, 1.165) is 22.9 Å². The quantitative estimate of drug-likeness (QED) is 0.813. The van der Waals surface area contributed by atoms with Crippen molar-refractivity contribution in [1.29, 1.82) is 0 Å². The van der Waals surface area contributed by atoms with E-state index in [2.05, 4.69) is 0 Å². The summed E-state index contributed by atoms with van der Waals surface area (Å²) >= 11 is 0. The second kappa shape index (κ2) is 6.32. The number of aryl methyl sites for hydroxylation is 2. The molecule has 4 nitrogen and oxygen atoms in total. The Bertz CT molecular complexity index is 787. The van der Waals surface area contributed by atoms with Crippen molar-refractivity contribution in [2.24, 2.45) is 0 Å². The van der Waals surface area contributed by atoms with Gasteiger partial charge in [-0.25, -0.2) is 13.2 Å². The lowest BCUT2D eigenvalue weighted by atomic mass is 10.1. The van der Waals surface area contributed by atoms with Gasteiger partial charge in [0.25, 0.3) is 0 Å². The molecule has 0 aromatic heterocycles. The van der Waals surface area contributed by atoms with Crippen LogP contribution in [-0.2, 0) is 21.2 Å². The number of rotatable bonds is 4. The second-order valence-corrected chi connectivity index (χ2v) is 7.32. The number of sulfone groups is 1. The monoisotopic (exact) mass is 318 g/mol. The van der Waals surface area contributed by atoms with Crippen LogP contribution in [0.25, 0.3) is 0 Å². The minimum absolute atomic E-state index is 0.0135. The molecule has 0 saturated carbocycles. The zero-order valence-electron chi connectivity index (χ0n) is 12.8. The van der Waals surface area contributed by atoms with Crippen molar-refractivity contribution >= 4 is 15.8 Å². The van der Waals surface area contributed by atoms with Crippen molar-refractivity contribution < 1.29 is 17.9 Å². The number of carbonyl (C=O) groups is 1. The highest BCUT2D eigenvalue weighted by Crippen LogP contribution is 2.17. The van der Waals surface area contributed by atoms with Gasteiger partial charge in [-0.3, -0.25) is 0 Å². The van der Waals surface area contributed by atoms with Gasteiger partial charge in [0.15, 0.2) is 9.84 Å². The molecule has 2 rings (SSSR count).